The largest absolute Gasteiger partial charge is 0.392 e. The first kappa shape index (κ1) is 30.9. The SMILES string of the molecule is C=C=C=C(N(CC)c1ccc(C2C(O)C(c3ccc(N(CC)C(=C=C=C)S(=O)(=O)O)cc3)C2O)cc1)S(=O)(=O)O. The third-order valence-corrected chi connectivity index (χ3v) is 8.28. The Hall–Kier alpha value is -3.62. The average Bonchev–Trinajstić information content (AvgIpc) is 2.89. The van der Waals surface area contributed by atoms with Gasteiger partial charge in [0.05, 0.1) is 12.2 Å². The molecule has 2 aromatic carbocycles. The quantitative estimate of drug-likeness (QED) is 0.241. The minimum Gasteiger partial charge on any atom is -0.392 e. The minimum atomic E-state index is -4.59. The zero-order chi connectivity index (χ0) is 29.8. The van der Waals surface area contributed by atoms with Crippen LogP contribution in [0, 0.1) is 0 Å². The maximum atomic E-state index is 11.8. The van der Waals surface area contributed by atoms with E-state index in [9.17, 15) is 36.2 Å². The summed E-state index contributed by atoms with van der Waals surface area (Å²) in [6, 6.07) is 13.0. The molecule has 10 nitrogen and oxygen atoms in total. The molecule has 0 radical (unpaired) electrons. The first-order valence-corrected chi connectivity index (χ1v) is 15.0. The number of benzene rings is 2. The Bertz CT molecular complexity index is 1510. The van der Waals surface area contributed by atoms with Crippen LogP contribution < -0.4 is 9.80 Å². The lowest BCUT2D eigenvalue weighted by molar-refractivity contribution is -0.0785. The van der Waals surface area contributed by atoms with E-state index in [0.29, 0.717) is 22.5 Å². The van der Waals surface area contributed by atoms with Crippen molar-refractivity contribution in [1.82, 2.24) is 0 Å². The van der Waals surface area contributed by atoms with Crippen molar-refractivity contribution in [3.05, 3.63) is 106 Å². The van der Waals surface area contributed by atoms with Crippen LogP contribution in [-0.4, -0.2) is 61.5 Å². The van der Waals surface area contributed by atoms with Crippen LogP contribution in [0.4, 0.5) is 11.4 Å². The molecule has 40 heavy (non-hydrogen) atoms. The predicted molar refractivity (Wildman–Crippen MR) is 152 cm³/mol. The molecule has 4 N–H and O–H groups in total. The van der Waals surface area contributed by atoms with E-state index in [4.69, 9.17) is 0 Å². The van der Waals surface area contributed by atoms with Crippen LogP contribution in [0.1, 0.15) is 36.8 Å². The van der Waals surface area contributed by atoms with Gasteiger partial charge in [-0.1, -0.05) is 35.7 Å². The monoisotopic (exact) mass is 586 g/mol. The molecule has 1 aliphatic carbocycles. The van der Waals surface area contributed by atoms with Gasteiger partial charge in [0.2, 0.25) is 10.1 Å². The first-order valence-electron chi connectivity index (χ1n) is 12.2. The van der Waals surface area contributed by atoms with Crippen molar-refractivity contribution in [3.8, 4) is 0 Å². The second-order valence-corrected chi connectivity index (χ2v) is 11.5. The standard InChI is InChI=1S/C28H30N2O8S2/c1-5-9-23(39(33,34)35)29(7-3)21-15-11-19(12-16-21)25-27(31)26(28(25)32)20-13-17-22(18-14-20)30(8-4)24(10-6-2)40(36,37)38/h11-18,25-28,31-32H,1-2,7-8H2,3-4H3,(H,33,34,35)(H,36,37,38). The summed E-state index contributed by atoms with van der Waals surface area (Å²) in [4.78, 5) is 2.62. The summed E-state index contributed by atoms with van der Waals surface area (Å²) in [7, 11) is -9.19. The molecule has 0 saturated heterocycles. The molecule has 0 spiro atoms. The van der Waals surface area contributed by atoms with E-state index in [2.05, 4.69) is 36.1 Å². The van der Waals surface area contributed by atoms with Crippen molar-refractivity contribution in [2.24, 2.45) is 0 Å². The fourth-order valence-corrected chi connectivity index (χ4v) is 6.26. The topological polar surface area (TPSA) is 156 Å². The van der Waals surface area contributed by atoms with Crippen LogP contribution in [0.15, 0.2) is 94.7 Å². The molecule has 0 aromatic heterocycles. The van der Waals surface area contributed by atoms with Gasteiger partial charge in [-0.3, -0.25) is 9.11 Å². The highest BCUT2D eigenvalue weighted by atomic mass is 32.2. The van der Waals surface area contributed by atoms with Crippen molar-refractivity contribution >= 4 is 31.6 Å². The summed E-state index contributed by atoms with van der Waals surface area (Å²) in [5.74, 6) is -1.23. The maximum Gasteiger partial charge on any atom is 0.318 e. The molecule has 0 unspecified atom stereocenters. The molecule has 0 atom stereocenters. The Labute approximate surface area is 234 Å². The van der Waals surface area contributed by atoms with Crippen LogP contribution in [0.25, 0.3) is 0 Å². The third kappa shape index (κ3) is 6.24. The Kier molecular flexibility index (Phi) is 9.48. The molecule has 1 aliphatic rings. The van der Waals surface area contributed by atoms with Crippen molar-refractivity contribution < 1.29 is 36.2 Å². The summed E-state index contributed by atoms with van der Waals surface area (Å²) in [6.07, 6.45) is -1.88. The van der Waals surface area contributed by atoms with Gasteiger partial charge in [-0.05, 0) is 73.9 Å². The Morgan fingerprint density at radius 2 is 1.00 bits per heavy atom. The zero-order valence-electron chi connectivity index (χ0n) is 21.9. The van der Waals surface area contributed by atoms with Crippen LogP contribution >= 0.6 is 0 Å². The van der Waals surface area contributed by atoms with E-state index in [0.717, 1.165) is 0 Å². The second kappa shape index (κ2) is 12.3. The van der Waals surface area contributed by atoms with E-state index in [1.165, 1.54) is 9.80 Å². The Morgan fingerprint density at radius 1 is 0.700 bits per heavy atom. The van der Waals surface area contributed by atoms with Gasteiger partial charge in [-0.15, -0.1) is 0 Å². The highest BCUT2D eigenvalue weighted by Crippen LogP contribution is 2.48. The molecule has 12 heteroatoms. The highest BCUT2D eigenvalue weighted by molar-refractivity contribution is 7.90. The number of rotatable bonds is 10. The highest BCUT2D eigenvalue weighted by Gasteiger charge is 2.50. The summed E-state index contributed by atoms with van der Waals surface area (Å²) in [5.41, 5.74) is 11.2. The van der Waals surface area contributed by atoms with E-state index < -0.39 is 54.3 Å². The van der Waals surface area contributed by atoms with Gasteiger partial charge < -0.3 is 20.0 Å². The third-order valence-electron chi connectivity index (χ3n) is 6.65. The van der Waals surface area contributed by atoms with E-state index in [1.54, 1.807) is 62.4 Å². The lowest BCUT2D eigenvalue weighted by Gasteiger charge is -2.47. The molecule has 212 valence electrons. The molecular weight excluding hydrogens is 556 g/mol. The molecule has 0 amide bonds. The molecule has 1 saturated carbocycles. The molecule has 1 fully saturated rings. The molecule has 2 aromatic rings. The number of nitrogens with zero attached hydrogens (tertiary/aromatic N) is 2. The lowest BCUT2D eigenvalue weighted by Crippen LogP contribution is -2.51. The number of anilines is 2. The van der Waals surface area contributed by atoms with Gasteiger partial charge >= 0.3 is 20.2 Å². The Morgan fingerprint density at radius 3 is 1.23 bits per heavy atom. The van der Waals surface area contributed by atoms with Crippen molar-refractivity contribution in [2.75, 3.05) is 22.9 Å². The van der Waals surface area contributed by atoms with Crippen LogP contribution in [0.2, 0.25) is 0 Å². The second-order valence-electron chi connectivity index (χ2n) is 8.87. The van der Waals surface area contributed by atoms with Gasteiger partial charge in [0.1, 0.15) is 0 Å². The fourth-order valence-electron chi connectivity index (χ4n) is 4.83. The molecule has 0 aliphatic heterocycles. The van der Waals surface area contributed by atoms with E-state index in [-0.39, 0.29) is 13.1 Å². The number of hydrogen-bond acceptors (Lipinski definition) is 8. The molecule has 0 bridgehead atoms. The summed E-state index contributed by atoms with van der Waals surface area (Å²) < 4.78 is 66.3. The van der Waals surface area contributed by atoms with Crippen molar-refractivity contribution in [2.45, 2.75) is 37.9 Å². The van der Waals surface area contributed by atoms with Gasteiger partial charge in [0.15, 0.2) is 0 Å². The number of aliphatic hydroxyl groups excluding tert-OH is 2. The molecule has 3 rings (SSSR count). The first-order chi connectivity index (χ1) is 18.8. The predicted octanol–water partition coefficient (Wildman–Crippen LogP) is 3.28. The summed E-state index contributed by atoms with van der Waals surface area (Å²) in [6.45, 7) is 10.4. The van der Waals surface area contributed by atoms with E-state index >= 15 is 0 Å². The van der Waals surface area contributed by atoms with Crippen LogP contribution in [0.3, 0.4) is 0 Å². The van der Waals surface area contributed by atoms with Gasteiger partial charge in [0, 0.05) is 36.3 Å². The lowest BCUT2D eigenvalue weighted by atomic mass is 9.63. The summed E-state index contributed by atoms with van der Waals surface area (Å²) in [5, 5.41) is 20.9. The molecule has 0 heterocycles. The van der Waals surface area contributed by atoms with Gasteiger partial charge in [-0.2, -0.15) is 16.8 Å². The maximum absolute atomic E-state index is 11.8. The minimum absolute atomic E-state index is 0.191. The van der Waals surface area contributed by atoms with Gasteiger partial charge in [-0.25, -0.2) is 0 Å². The number of hydrogen-bond donors (Lipinski definition) is 4. The van der Waals surface area contributed by atoms with Gasteiger partial charge in [0.25, 0.3) is 0 Å². The molecular formula is C28H30N2O8S2. The summed E-state index contributed by atoms with van der Waals surface area (Å²) >= 11 is 0. The van der Waals surface area contributed by atoms with Crippen LogP contribution in [0.5, 0.6) is 0 Å². The normalized spacial score (nSPS) is 20.1. The van der Waals surface area contributed by atoms with Crippen molar-refractivity contribution in [1.29, 1.82) is 0 Å². The number of aliphatic hydroxyl groups is 2. The zero-order valence-corrected chi connectivity index (χ0v) is 23.5. The average molecular weight is 587 g/mol. The van der Waals surface area contributed by atoms with Crippen molar-refractivity contribution in [3.63, 3.8) is 0 Å². The fraction of sp³-hybridized carbons (Fsp3) is 0.286. The van der Waals surface area contributed by atoms with Crippen LogP contribution in [-0.2, 0) is 20.2 Å². The smallest absolute Gasteiger partial charge is 0.318 e. The Balaban J connectivity index is 1.84. The van der Waals surface area contributed by atoms with E-state index in [1.807, 2.05) is 0 Å².